The van der Waals surface area contributed by atoms with Crippen molar-refractivity contribution in [3.8, 4) is 11.4 Å². The van der Waals surface area contributed by atoms with Gasteiger partial charge in [0.1, 0.15) is 0 Å². The minimum Gasteiger partial charge on any atom is -0.379 e. The number of carbonyl (C=O) groups excluding carboxylic acids is 2. The largest absolute Gasteiger partial charge is 0.379 e. The molecule has 0 aliphatic carbocycles. The average molecular weight is 481 g/mol. The maximum absolute atomic E-state index is 13.0. The number of hydrogen-bond acceptors (Lipinski definition) is 8. The summed E-state index contributed by atoms with van der Waals surface area (Å²) in [5, 5.41) is 10.9. The van der Waals surface area contributed by atoms with Gasteiger partial charge in [-0.05, 0) is 12.1 Å². The molecular formula is C19H24N6O5S2. The van der Waals surface area contributed by atoms with Gasteiger partial charge in [0.05, 0.1) is 18.1 Å². The van der Waals surface area contributed by atoms with Gasteiger partial charge >= 0.3 is 6.03 Å². The molecule has 0 atom stereocenters. The summed E-state index contributed by atoms with van der Waals surface area (Å²) in [4.78, 5) is 22.5. The molecule has 2 heterocycles. The van der Waals surface area contributed by atoms with Gasteiger partial charge in [0, 0.05) is 37.4 Å². The zero-order valence-corrected chi connectivity index (χ0v) is 18.9. The maximum Gasteiger partial charge on any atom is 0.318 e. The van der Waals surface area contributed by atoms with Crippen molar-refractivity contribution in [2.75, 3.05) is 32.1 Å². The van der Waals surface area contributed by atoms with Crippen molar-refractivity contribution < 1.29 is 22.7 Å². The third kappa shape index (κ3) is 5.73. The van der Waals surface area contributed by atoms with E-state index >= 15 is 0 Å². The number of nitrogens with two attached hydrogens (primary N) is 1. The lowest BCUT2D eigenvalue weighted by atomic mass is 10.2. The van der Waals surface area contributed by atoms with E-state index in [1.165, 1.54) is 16.1 Å². The molecule has 2 aromatic rings. The number of nitrogens with one attached hydrogen (secondary N) is 1. The van der Waals surface area contributed by atoms with E-state index in [1.54, 1.807) is 34.9 Å². The minimum atomic E-state index is -3.66. The maximum atomic E-state index is 13.0. The van der Waals surface area contributed by atoms with E-state index in [-0.39, 0.29) is 11.3 Å². The molecule has 0 spiro atoms. The van der Waals surface area contributed by atoms with Gasteiger partial charge in [0.15, 0.2) is 11.0 Å². The number of morpholine rings is 1. The molecule has 1 fully saturated rings. The van der Waals surface area contributed by atoms with Gasteiger partial charge in [-0.1, -0.05) is 30.0 Å². The van der Waals surface area contributed by atoms with Gasteiger partial charge in [-0.3, -0.25) is 14.7 Å². The van der Waals surface area contributed by atoms with Gasteiger partial charge in [-0.15, -0.1) is 16.8 Å². The predicted molar refractivity (Wildman–Crippen MR) is 118 cm³/mol. The second kappa shape index (κ2) is 10.7. The van der Waals surface area contributed by atoms with Crippen molar-refractivity contribution in [3.05, 3.63) is 36.9 Å². The Morgan fingerprint density at radius 3 is 2.72 bits per heavy atom. The molecule has 0 radical (unpaired) electrons. The highest BCUT2D eigenvalue weighted by atomic mass is 32.2. The molecule has 3 N–H and O–H groups in total. The first-order chi connectivity index (χ1) is 15.3. The van der Waals surface area contributed by atoms with Crippen molar-refractivity contribution in [1.82, 2.24) is 24.4 Å². The first-order valence-corrected chi connectivity index (χ1v) is 12.2. The molecule has 0 bridgehead atoms. The first-order valence-electron chi connectivity index (χ1n) is 9.77. The predicted octanol–water partition coefficient (Wildman–Crippen LogP) is 0.829. The second-order valence-corrected chi connectivity index (χ2v) is 9.76. The third-order valence-electron chi connectivity index (χ3n) is 4.55. The monoisotopic (exact) mass is 480 g/mol. The number of imide groups is 1. The van der Waals surface area contributed by atoms with Crippen LogP contribution in [0.15, 0.2) is 47.0 Å². The van der Waals surface area contributed by atoms with Crippen molar-refractivity contribution in [2.45, 2.75) is 23.0 Å². The highest BCUT2D eigenvalue weighted by molar-refractivity contribution is 7.99. The topological polar surface area (TPSA) is 150 Å². The molecule has 32 heavy (non-hydrogen) atoms. The summed E-state index contributed by atoms with van der Waals surface area (Å²) >= 11 is 1.28. The fraction of sp³-hybridized carbons (Fsp3) is 0.368. The Kier molecular flexibility index (Phi) is 8.01. The van der Waals surface area contributed by atoms with Crippen molar-refractivity contribution in [1.29, 1.82) is 0 Å². The third-order valence-corrected chi connectivity index (χ3v) is 7.41. The summed E-state index contributed by atoms with van der Waals surface area (Å²) in [5.74, 6) is 0.342. The molecule has 1 aliphatic heterocycles. The molecule has 0 saturated carbocycles. The van der Waals surface area contributed by atoms with Crippen LogP contribution < -0.4 is 11.1 Å². The molecule has 3 amide bonds. The van der Waals surface area contributed by atoms with Gasteiger partial charge in [0.25, 0.3) is 0 Å². The number of rotatable bonds is 9. The zero-order chi connectivity index (χ0) is 23.1. The van der Waals surface area contributed by atoms with Crippen LogP contribution in [-0.2, 0) is 26.1 Å². The van der Waals surface area contributed by atoms with Gasteiger partial charge in [-0.2, -0.15) is 4.31 Å². The Morgan fingerprint density at radius 1 is 1.28 bits per heavy atom. The fourth-order valence-electron chi connectivity index (χ4n) is 3.07. The summed E-state index contributed by atoms with van der Waals surface area (Å²) in [6.07, 6.45) is 1.74. The smallest absolute Gasteiger partial charge is 0.318 e. The fourth-order valence-corrected chi connectivity index (χ4v) is 5.41. The van der Waals surface area contributed by atoms with E-state index in [2.05, 4.69) is 16.8 Å². The van der Waals surface area contributed by atoms with E-state index in [9.17, 15) is 18.0 Å². The number of benzene rings is 1. The van der Waals surface area contributed by atoms with Gasteiger partial charge in [0.2, 0.25) is 15.9 Å². The number of nitrogens with zero attached hydrogens (tertiary/aromatic N) is 4. The van der Waals surface area contributed by atoms with Gasteiger partial charge < -0.3 is 10.5 Å². The van der Waals surface area contributed by atoms with Crippen LogP contribution in [0, 0.1) is 0 Å². The number of hydrogen-bond donors (Lipinski definition) is 2. The summed E-state index contributed by atoms with van der Waals surface area (Å²) < 4.78 is 34.4. The summed E-state index contributed by atoms with van der Waals surface area (Å²) in [6, 6.07) is 5.65. The Morgan fingerprint density at radius 2 is 2.03 bits per heavy atom. The normalized spacial score (nSPS) is 14.8. The summed E-state index contributed by atoms with van der Waals surface area (Å²) in [7, 11) is -3.66. The minimum absolute atomic E-state index is 0.0666. The Labute approximate surface area is 190 Å². The molecule has 1 aromatic heterocycles. The second-order valence-electron chi connectivity index (χ2n) is 6.76. The van der Waals surface area contributed by atoms with Crippen LogP contribution >= 0.6 is 11.8 Å². The van der Waals surface area contributed by atoms with Crippen LogP contribution in [0.4, 0.5) is 4.79 Å². The molecule has 1 aromatic carbocycles. The van der Waals surface area contributed by atoms with Crippen LogP contribution in [0.25, 0.3) is 11.4 Å². The molecule has 13 heteroatoms. The standard InChI is InChI=1S/C19H24N6O5S2/c1-2-7-25-17(22-23-19(25)31-12-6-16(26)21-18(20)27)14-4-3-5-15(13-14)32(28,29)24-8-10-30-11-9-24/h2-5,13H,1,6-12H2,(H3,20,21,26,27). The average Bonchev–Trinajstić information content (AvgIpc) is 3.17. The Hall–Kier alpha value is -2.74. The lowest BCUT2D eigenvalue weighted by Gasteiger charge is -2.26. The van der Waals surface area contributed by atoms with Crippen LogP contribution in [0.2, 0.25) is 0 Å². The number of ether oxygens (including phenoxy) is 1. The number of urea groups is 1. The first kappa shape index (κ1) is 23.9. The van der Waals surface area contributed by atoms with Crippen LogP contribution in [0.3, 0.4) is 0 Å². The van der Waals surface area contributed by atoms with Crippen LogP contribution in [-0.4, -0.2) is 71.5 Å². The number of aromatic nitrogens is 3. The SMILES string of the molecule is C=CCn1c(SCCC(=O)NC(N)=O)nnc1-c1cccc(S(=O)(=O)N2CCOCC2)c1. The number of primary amides is 1. The molecular weight excluding hydrogens is 456 g/mol. The summed E-state index contributed by atoms with van der Waals surface area (Å²) in [5.41, 5.74) is 5.52. The number of amides is 3. The van der Waals surface area contributed by atoms with Crippen LogP contribution in [0.1, 0.15) is 6.42 Å². The molecule has 172 valence electrons. The number of sulfonamides is 1. The lowest BCUT2D eigenvalue weighted by Crippen LogP contribution is -2.40. The molecule has 11 nitrogen and oxygen atoms in total. The van der Waals surface area contributed by atoms with E-state index in [0.717, 1.165) is 0 Å². The molecule has 1 aliphatic rings. The Bertz CT molecular complexity index is 1100. The molecule has 1 saturated heterocycles. The Balaban J connectivity index is 1.82. The van der Waals surface area contributed by atoms with E-state index in [0.29, 0.717) is 55.1 Å². The lowest BCUT2D eigenvalue weighted by molar-refractivity contribution is -0.119. The zero-order valence-electron chi connectivity index (χ0n) is 17.3. The van der Waals surface area contributed by atoms with E-state index in [4.69, 9.17) is 10.5 Å². The summed E-state index contributed by atoms with van der Waals surface area (Å²) in [6.45, 7) is 5.49. The molecule has 0 unspecified atom stereocenters. The number of allylic oxidation sites excluding steroid dienone is 1. The highest BCUT2D eigenvalue weighted by Crippen LogP contribution is 2.27. The number of thioether (sulfide) groups is 1. The number of carbonyl (C=O) groups is 2. The van der Waals surface area contributed by atoms with Crippen molar-refractivity contribution in [2.24, 2.45) is 5.73 Å². The quantitative estimate of drug-likeness (QED) is 0.396. The van der Waals surface area contributed by atoms with Crippen LogP contribution in [0.5, 0.6) is 0 Å². The van der Waals surface area contributed by atoms with E-state index < -0.39 is 22.0 Å². The van der Waals surface area contributed by atoms with Gasteiger partial charge in [-0.25, -0.2) is 13.2 Å². The van der Waals surface area contributed by atoms with E-state index in [1.807, 2.05) is 5.32 Å². The highest BCUT2D eigenvalue weighted by Gasteiger charge is 2.27. The molecule has 3 rings (SSSR count). The van der Waals surface area contributed by atoms with Crippen molar-refractivity contribution in [3.63, 3.8) is 0 Å². The van der Waals surface area contributed by atoms with Crippen molar-refractivity contribution >= 4 is 33.7 Å².